The van der Waals surface area contributed by atoms with Gasteiger partial charge < -0.3 is 4.74 Å². The van der Waals surface area contributed by atoms with Crippen LogP contribution < -0.4 is 0 Å². The average molecular weight is 196 g/mol. The lowest BCUT2D eigenvalue weighted by Gasteiger charge is -2.10. The van der Waals surface area contributed by atoms with Gasteiger partial charge in [0.15, 0.2) is 0 Å². The van der Waals surface area contributed by atoms with Crippen molar-refractivity contribution in [2.75, 3.05) is 7.11 Å². The van der Waals surface area contributed by atoms with Crippen LogP contribution in [-0.4, -0.2) is 13.1 Å². The summed E-state index contributed by atoms with van der Waals surface area (Å²) in [5.74, 6) is -0.658. The zero-order valence-electron chi connectivity index (χ0n) is 8.50. The van der Waals surface area contributed by atoms with Gasteiger partial charge in [-0.15, -0.1) is 0 Å². The molecule has 0 aliphatic rings. The van der Waals surface area contributed by atoms with Crippen LogP contribution in [0.4, 0.5) is 4.39 Å². The topological polar surface area (TPSA) is 26.3 Å². The Morgan fingerprint density at radius 3 is 2.57 bits per heavy atom. The van der Waals surface area contributed by atoms with Crippen molar-refractivity contribution < 1.29 is 13.9 Å². The standard InChI is InChI=1S/C11H13FO2/c1-7(2)10-6-8(12)4-5-9(10)11(13)14-3/h4-7H,1-3H3. The van der Waals surface area contributed by atoms with Crippen molar-refractivity contribution in [1.29, 1.82) is 0 Å². The third-order valence-corrected chi connectivity index (χ3v) is 2.04. The van der Waals surface area contributed by atoms with Gasteiger partial charge in [0.25, 0.3) is 0 Å². The summed E-state index contributed by atoms with van der Waals surface area (Å²) in [6.07, 6.45) is 0. The molecule has 1 rings (SSSR count). The van der Waals surface area contributed by atoms with Crippen LogP contribution in [0.3, 0.4) is 0 Å². The molecule has 76 valence electrons. The highest BCUT2D eigenvalue weighted by molar-refractivity contribution is 5.91. The first-order valence-electron chi connectivity index (χ1n) is 4.44. The Morgan fingerprint density at radius 2 is 2.07 bits per heavy atom. The summed E-state index contributed by atoms with van der Waals surface area (Å²) in [5.41, 5.74) is 1.11. The fourth-order valence-corrected chi connectivity index (χ4v) is 1.31. The van der Waals surface area contributed by atoms with Gasteiger partial charge >= 0.3 is 5.97 Å². The predicted octanol–water partition coefficient (Wildman–Crippen LogP) is 2.74. The first kappa shape index (κ1) is 10.7. The van der Waals surface area contributed by atoms with Crippen molar-refractivity contribution in [1.82, 2.24) is 0 Å². The quantitative estimate of drug-likeness (QED) is 0.680. The fraction of sp³-hybridized carbons (Fsp3) is 0.364. The molecule has 0 aliphatic heterocycles. The van der Waals surface area contributed by atoms with Gasteiger partial charge in [-0.25, -0.2) is 9.18 Å². The first-order valence-corrected chi connectivity index (χ1v) is 4.44. The van der Waals surface area contributed by atoms with Gasteiger partial charge in [0.05, 0.1) is 12.7 Å². The Kier molecular flexibility index (Phi) is 3.23. The van der Waals surface area contributed by atoms with Crippen LogP contribution in [0.2, 0.25) is 0 Å². The number of halogens is 1. The molecule has 0 atom stereocenters. The van der Waals surface area contributed by atoms with Crippen LogP contribution in [0.1, 0.15) is 35.7 Å². The van der Waals surface area contributed by atoms with Crippen molar-refractivity contribution in [2.24, 2.45) is 0 Å². The molecule has 0 aliphatic carbocycles. The summed E-state index contributed by atoms with van der Waals surface area (Å²) in [5, 5.41) is 0. The van der Waals surface area contributed by atoms with E-state index in [1.807, 2.05) is 13.8 Å². The van der Waals surface area contributed by atoms with Gasteiger partial charge in [-0.3, -0.25) is 0 Å². The third kappa shape index (κ3) is 2.10. The molecule has 1 aromatic carbocycles. The van der Waals surface area contributed by atoms with E-state index < -0.39 is 5.97 Å². The Labute approximate surface area is 82.7 Å². The highest BCUT2D eigenvalue weighted by Crippen LogP contribution is 2.21. The molecule has 2 nitrogen and oxygen atoms in total. The number of hydrogen-bond acceptors (Lipinski definition) is 2. The summed E-state index contributed by atoms with van der Waals surface area (Å²) in [4.78, 5) is 11.3. The number of benzene rings is 1. The van der Waals surface area contributed by atoms with Crippen LogP contribution in [-0.2, 0) is 4.74 Å². The van der Waals surface area contributed by atoms with E-state index in [2.05, 4.69) is 4.74 Å². The molecule has 3 heteroatoms. The van der Waals surface area contributed by atoms with E-state index >= 15 is 0 Å². The fourth-order valence-electron chi connectivity index (χ4n) is 1.31. The van der Waals surface area contributed by atoms with Gasteiger partial charge in [0.1, 0.15) is 5.82 Å². The lowest BCUT2D eigenvalue weighted by molar-refractivity contribution is 0.0599. The van der Waals surface area contributed by atoms with Gasteiger partial charge in [0, 0.05) is 0 Å². The van der Waals surface area contributed by atoms with Crippen molar-refractivity contribution in [3.8, 4) is 0 Å². The monoisotopic (exact) mass is 196 g/mol. The minimum Gasteiger partial charge on any atom is -0.465 e. The molecule has 0 aromatic heterocycles. The van der Waals surface area contributed by atoms with Crippen LogP contribution in [0, 0.1) is 5.82 Å². The minimum atomic E-state index is -0.422. The van der Waals surface area contributed by atoms with Crippen LogP contribution >= 0.6 is 0 Å². The summed E-state index contributed by atoms with van der Waals surface area (Å²) >= 11 is 0. The second kappa shape index (κ2) is 4.22. The van der Waals surface area contributed by atoms with Crippen molar-refractivity contribution in [3.05, 3.63) is 35.1 Å². The maximum Gasteiger partial charge on any atom is 0.338 e. The Morgan fingerprint density at radius 1 is 1.43 bits per heavy atom. The average Bonchev–Trinajstić information content (AvgIpc) is 2.16. The molecule has 0 radical (unpaired) electrons. The molecule has 0 N–H and O–H groups in total. The zero-order chi connectivity index (χ0) is 10.7. The molecule has 0 saturated heterocycles. The molecule has 0 saturated carbocycles. The maximum atomic E-state index is 12.9. The van der Waals surface area contributed by atoms with Crippen molar-refractivity contribution >= 4 is 5.97 Å². The highest BCUT2D eigenvalue weighted by Gasteiger charge is 2.14. The second-order valence-corrected chi connectivity index (χ2v) is 3.38. The SMILES string of the molecule is COC(=O)c1ccc(F)cc1C(C)C. The molecule has 0 heterocycles. The van der Waals surface area contributed by atoms with Gasteiger partial charge in [-0.05, 0) is 29.7 Å². The summed E-state index contributed by atoms with van der Waals surface area (Å²) < 4.78 is 17.5. The van der Waals surface area contributed by atoms with Crippen LogP contribution in [0.25, 0.3) is 0 Å². The normalized spacial score (nSPS) is 10.4. The molecule has 14 heavy (non-hydrogen) atoms. The number of ether oxygens (including phenoxy) is 1. The lowest BCUT2D eigenvalue weighted by Crippen LogP contribution is -2.07. The van der Waals surface area contributed by atoms with E-state index in [9.17, 15) is 9.18 Å². The Balaban J connectivity index is 3.21. The molecule has 0 amide bonds. The molecule has 0 fully saturated rings. The van der Waals surface area contributed by atoms with Crippen molar-refractivity contribution in [2.45, 2.75) is 19.8 Å². The van der Waals surface area contributed by atoms with E-state index in [0.29, 0.717) is 11.1 Å². The van der Waals surface area contributed by atoms with Gasteiger partial charge in [0.2, 0.25) is 0 Å². The smallest absolute Gasteiger partial charge is 0.338 e. The number of carbonyl (C=O) groups is 1. The highest BCUT2D eigenvalue weighted by atomic mass is 19.1. The summed E-state index contributed by atoms with van der Waals surface area (Å²) in [7, 11) is 1.32. The van der Waals surface area contributed by atoms with Gasteiger partial charge in [-0.2, -0.15) is 0 Å². The van der Waals surface area contributed by atoms with Gasteiger partial charge in [-0.1, -0.05) is 13.8 Å². The number of esters is 1. The molecule has 0 unspecified atom stereocenters. The second-order valence-electron chi connectivity index (χ2n) is 3.38. The Hall–Kier alpha value is -1.38. The summed E-state index contributed by atoms with van der Waals surface area (Å²) in [6, 6.07) is 4.09. The van der Waals surface area contributed by atoms with Crippen LogP contribution in [0.15, 0.2) is 18.2 Å². The minimum absolute atomic E-state index is 0.0970. The third-order valence-electron chi connectivity index (χ3n) is 2.04. The first-order chi connectivity index (χ1) is 6.56. The molecule has 1 aromatic rings. The van der Waals surface area contributed by atoms with Crippen molar-refractivity contribution in [3.63, 3.8) is 0 Å². The molecular formula is C11H13FO2. The number of carbonyl (C=O) groups excluding carboxylic acids is 1. The van der Waals surface area contributed by atoms with E-state index in [4.69, 9.17) is 0 Å². The number of methoxy groups -OCH3 is 1. The zero-order valence-corrected chi connectivity index (χ0v) is 8.50. The lowest BCUT2D eigenvalue weighted by atomic mass is 9.97. The van der Waals surface area contributed by atoms with Crippen LogP contribution in [0.5, 0.6) is 0 Å². The predicted molar refractivity (Wildman–Crippen MR) is 51.8 cm³/mol. The number of rotatable bonds is 2. The molecular weight excluding hydrogens is 183 g/mol. The van der Waals surface area contributed by atoms with E-state index in [-0.39, 0.29) is 11.7 Å². The number of hydrogen-bond donors (Lipinski definition) is 0. The summed E-state index contributed by atoms with van der Waals surface area (Å²) in [6.45, 7) is 3.81. The largest absolute Gasteiger partial charge is 0.465 e. The van der Waals surface area contributed by atoms with E-state index in [0.717, 1.165) is 0 Å². The molecule has 0 bridgehead atoms. The Bertz CT molecular complexity index is 345. The van der Waals surface area contributed by atoms with E-state index in [1.54, 1.807) is 0 Å². The molecule has 0 spiro atoms. The maximum absolute atomic E-state index is 12.9. The van der Waals surface area contributed by atoms with E-state index in [1.165, 1.54) is 25.3 Å².